The molecule has 0 aliphatic carbocycles. The number of fused-ring (bicyclic) bond motifs is 1. The second-order valence-electron chi connectivity index (χ2n) is 5.02. The number of hydrogen-bond acceptors (Lipinski definition) is 3. The van der Waals surface area contributed by atoms with E-state index >= 15 is 0 Å². The van der Waals surface area contributed by atoms with Gasteiger partial charge in [-0.05, 0) is 51.8 Å². The third-order valence-corrected chi connectivity index (χ3v) is 3.85. The normalized spacial score (nSPS) is 12.9. The predicted molar refractivity (Wildman–Crippen MR) is 87.0 cm³/mol. The molecule has 0 atom stereocenters. The van der Waals surface area contributed by atoms with Crippen LogP contribution in [0.2, 0.25) is 0 Å². The average molecular weight is 379 g/mol. The van der Waals surface area contributed by atoms with Crippen LogP contribution < -0.4 is 15.4 Å². The Morgan fingerprint density at radius 3 is 2.91 bits per heavy atom. The molecule has 0 saturated heterocycles. The molecule has 5 nitrogen and oxygen atoms in total. The molecule has 23 heavy (non-hydrogen) atoms. The van der Waals surface area contributed by atoms with Crippen LogP contribution in [0.15, 0.2) is 40.9 Å². The van der Waals surface area contributed by atoms with E-state index in [9.17, 15) is 14.0 Å². The first-order chi connectivity index (χ1) is 11.0. The highest BCUT2D eigenvalue weighted by Gasteiger charge is 2.16. The molecule has 0 bridgehead atoms. The molecule has 0 fully saturated rings. The van der Waals surface area contributed by atoms with Crippen LogP contribution in [0.4, 0.5) is 15.8 Å². The second-order valence-corrected chi connectivity index (χ2v) is 5.88. The molecule has 0 radical (unpaired) electrons. The maximum atomic E-state index is 13.2. The highest BCUT2D eigenvalue weighted by Crippen LogP contribution is 2.30. The molecule has 118 valence electrons. The molecule has 2 N–H and O–H groups in total. The van der Waals surface area contributed by atoms with Gasteiger partial charge in [0.25, 0.3) is 5.91 Å². The SMILES string of the molecule is O=C(Cc1ccc(F)c(Br)c1)Nc1ccc2c(c1)NC(=O)CO2. The molecule has 2 aromatic carbocycles. The van der Waals surface area contributed by atoms with Gasteiger partial charge in [-0.15, -0.1) is 0 Å². The lowest BCUT2D eigenvalue weighted by Crippen LogP contribution is -2.25. The fraction of sp³-hybridized carbons (Fsp3) is 0.125. The van der Waals surface area contributed by atoms with Gasteiger partial charge in [-0.25, -0.2) is 4.39 Å². The van der Waals surface area contributed by atoms with E-state index in [0.29, 0.717) is 27.2 Å². The van der Waals surface area contributed by atoms with Crippen molar-refractivity contribution in [3.63, 3.8) is 0 Å². The summed E-state index contributed by atoms with van der Waals surface area (Å²) in [5.74, 6) is -0.298. The minimum Gasteiger partial charge on any atom is -0.482 e. The summed E-state index contributed by atoms with van der Waals surface area (Å²) in [5, 5.41) is 5.41. The van der Waals surface area contributed by atoms with Crippen LogP contribution >= 0.6 is 15.9 Å². The van der Waals surface area contributed by atoms with Crippen LogP contribution in [-0.4, -0.2) is 18.4 Å². The molecule has 1 heterocycles. The van der Waals surface area contributed by atoms with Crippen molar-refractivity contribution in [3.8, 4) is 5.75 Å². The smallest absolute Gasteiger partial charge is 0.262 e. The van der Waals surface area contributed by atoms with Gasteiger partial charge in [-0.1, -0.05) is 6.07 Å². The Morgan fingerprint density at radius 1 is 1.30 bits per heavy atom. The molecule has 1 aliphatic rings. The lowest BCUT2D eigenvalue weighted by atomic mass is 10.1. The van der Waals surface area contributed by atoms with E-state index in [-0.39, 0.29) is 30.7 Å². The summed E-state index contributed by atoms with van der Waals surface area (Å²) in [5.41, 5.74) is 1.75. The third kappa shape index (κ3) is 3.68. The van der Waals surface area contributed by atoms with Crippen molar-refractivity contribution in [1.29, 1.82) is 0 Å². The van der Waals surface area contributed by atoms with E-state index in [1.54, 1.807) is 30.3 Å². The van der Waals surface area contributed by atoms with Gasteiger partial charge in [-0.2, -0.15) is 0 Å². The maximum absolute atomic E-state index is 13.2. The van der Waals surface area contributed by atoms with Gasteiger partial charge >= 0.3 is 0 Å². The number of benzene rings is 2. The number of halogens is 2. The van der Waals surface area contributed by atoms with Crippen molar-refractivity contribution in [2.45, 2.75) is 6.42 Å². The minimum absolute atomic E-state index is 0.0157. The molecule has 0 saturated carbocycles. The number of ether oxygens (including phenoxy) is 1. The summed E-state index contributed by atoms with van der Waals surface area (Å²) in [4.78, 5) is 23.4. The van der Waals surface area contributed by atoms with Gasteiger partial charge in [0, 0.05) is 5.69 Å². The van der Waals surface area contributed by atoms with Crippen LogP contribution in [0, 0.1) is 5.82 Å². The van der Waals surface area contributed by atoms with Crippen molar-refractivity contribution in [2.75, 3.05) is 17.2 Å². The lowest BCUT2D eigenvalue weighted by molar-refractivity contribution is -0.118. The number of anilines is 2. The van der Waals surface area contributed by atoms with Crippen LogP contribution in [0.25, 0.3) is 0 Å². The van der Waals surface area contributed by atoms with E-state index in [2.05, 4.69) is 26.6 Å². The Bertz CT molecular complexity index is 795. The number of amides is 2. The molecular weight excluding hydrogens is 367 g/mol. The van der Waals surface area contributed by atoms with Crippen LogP contribution in [0.1, 0.15) is 5.56 Å². The van der Waals surface area contributed by atoms with Crippen LogP contribution in [-0.2, 0) is 16.0 Å². The van der Waals surface area contributed by atoms with Gasteiger partial charge in [0.2, 0.25) is 5.91 Å². The highest BCUT2D eigenvalue weighted by molar-refractivity contribution is 9.10. The molecule has 3 rings (SSSR count). The number of carbonyl (C=O) groups excluding carboxylic acids is 2. The first-order valence-corrected chi connectivity index (χ1v) is 7.61. The summed E-state index contributed by atoms with van der Waals surface area (Å²) in [6.45, 7) is -0.0157. The molecule has 0 aromatic heterocycles. The van der Waals surface area contributed by atoms with Crippen molar-refractivity contribution in [3.05, 3.63) is 52.3 Å². The monoisotopic (exact) mass is 378 g/mol. The predicted octanol–water partition coefficient (Wildman–Crippen LogP) is 3.10. The van der Waals surface area contributed by atoms with Gasteiger partial charge in [0.15, 0.2) is 6.61 Å². The number of nitrogens with one attached hydrogen (secondary N) is 2. The zero-order valence-electron chi connectivity index (χ0n) is 11.9. The van der Waals surface area contributed by atoms with E-state index < -0.39 is 0 Å². The number of rotatable bonds is 3. The summed E-state index contributed by atoms with van der Waals surface area (Å²) in [6.07, 6.45) is 0.110. The quantitative estimate of drug-likeness (QED) is 0.862. The van der Waals surface area contributed by atoms with Crippen molar-refractivity contribution >= 4 is 39.1 Å². The molecule has 2 amide bonds. The molecule has 1 aliphatic heterocycles. The third-order valence-electron chi connectivity index (χ3n) is 3.24. The van der Waals surface area contributed by atoms with Gasteiger partial charge in [0.1, 0.15) is 11.6 Å². The Labute approximate surface area is 140 Å². The Balaban J connectivity index is 1.69. The summed E-state index contributed by atoms with van der Waals surface area (Å²) in [6, 6.07) is 9.42. The van der Waals surface area contributed by atoms with Crippen LogP contribution in [0.5, 0.6) is 5.75 Å². The Kier molecular flexibility index (Phi) is 4.29. The van der Waals surface area contributed by atoms with E-state index in [4.69, 9.17) is 4.74 Å². The first-order valence-electron chi connectivity index (χ1n) is 6.82. The largest absolute Gasteiger partial charge is 0.482 e. The molecule has 7 heteroatoms. The van der Waals surface area contributed by atoms with Crippen molar-refractivity contribution in [2.24, 2.45) is 0 Å². The Morgan fingerprint density at radius 2 is 2.13 bits per heavy atom. The zero-order chi connectivity index (χ0) is 16.4. The lowest BCUT2D eigenvalue weighted by Gasteiger charge is -2.18. The van der Waals surface area contributed by atoms with E-state index in [1.165, 1.54) is 6.07 Å². The van der Waals surface area contributed by atoms with E-state index in [1.807, 2.05) is 0 Å². The summed E-state index contributed by atoms with van der Waals surface area (Å²) >= 11 is 3.09. The molecule has 0 unspecified atom stereocenters. The molecule has 2 aromatic rings. The average Bonchev–Trinajstić information content (AvgIpc) is 2.50. The van der Waals surface area contributed by atoms with Crippen LogP contribution in [0.3, 0.4) is 0 Å². The van der Waals surface area contributed by atoms with E-state index in [0.717, 1.165) is 0 Å². The number of hydrogen-bond donors (Lipinski definition) is 2. The fourth-order valence-electron chi connectivity index (χ4n) is 2.20. The molecule has 0 spiro atoms. The standard InChI is InChI=1S/C16H12BrFN2O3/c17-11-5-9(1-3-12(11)18)6-15(21)19-10-2-4-14-13(7-10)20-16(22)8-23-14/h1-5,7H,6,8H2,(H,19,21)(H,20,22). The van der Waals surface area contributed by atoms with Crippen molar-refractivity contribution in [1.82, 2.24) is 0 Å². The highest BCUT2D eigenvalue weighted by atomic mass is 79.9. The minimum atomic E-state index is -0.375. The maximum Gasteiger partial charge on any atom is 0.262 e. The van der Waals surface area contributed by atoms with Gasteiger partial charge in [-0.3, -0.25) is 9.59 Å². The molecular formula is C16H12BrFN2O3. The summed E-state index contributed by atoms with van der Waals surface area (Å²) < 4.78 is 18.7. The number of carbonyl (C=O) groups is 2. The summed E-state index contributed by atoms with van der Waals surface area (Å²) in [7, 11) is 0. The van der Waals surface area contributed by atoms with Gasteiger partial charge < -0.3 is 15.4 Å². The first kappa shape index (κ1) is 15.5. The fourth-order valence-corrected chi connectivity index (χ4v) is 2.63. The zero-order valence-corrected chi connectivity index (χ0v) is 13.4. The topological polar surface area (TPSA) is 67.4 Å². The Hall–Kier alpha value is -2.41. The van der Waals surface area contributed by atoms with Gasteiger partial charge in [0.05, 0.1) is 16.6 Å². The van der Waals surface area contributed by atoms with Crippen molar-refractivity contribution < 1.29 is 18.7 Å². The second kappa shape index (κ2) is 6.37.